The van der Waals surface area contributed by atoms with Crippen LogP contribution in [-0.4, -0.2) is 32.6 Å². The zero-order valence-corrected chi connectivity index (χ0v) is 12.7. The van der Waals surface area contributed by atoms with E-state index in [9.17, 15) is 13.6 Å². The molecule has 0 bridgehead atoms. The van der Waals surface area contributed by atoms with Crippen molar-refractivity contribution >= 4 is 5.91 Å². The van der Waals surface area contributed by atoms with Crippen LogP contribution in [-0.2, 0) is 13.0 Å². The number of halogens is 2. The summed E-state index contributed by atoms with van der Waals surface area (Å²) < 4.78 is 31.8. The van der Waals surface area contributed by atoms with Crippen molar-refractivity contribution in [1.29, 1.82) is 0 Å². The van der Waals surface area contributed by atoms with E-state index in [2.05, 4.69) is 10.1 Å². The zero-order chi connectivity index (χ0) is 16.3. The van der Waals surface area contributed by atoms with Crippen molar-refractivity contribution in [3.63, 3.8) is 0 Å². The summed E-state index contributed by atoms with van der Waals surface area (Å²) >= 11 is 0. The second-order valence-corrected chi connectivity index (χ2v) is 5.02. The van der Waals surface area contributed by atoms with E-state index in [-0.39, 0.29) is 12.2 Å². The lowest BCUT2D eigenvalue weighted by molar-refractivity contribution is 0.0562. The van der Waals surface area contributed by atoms with Crippen molar-refractivity contribution in [2.75, 3.05) is 7.05 Å². The van der Waals surface area contributed by atoms with E-state index in [1.807, 2.05) is 6.92 Å². The first-order valence-corrected chi connectivity index (χ1v) is 6.97. The van der Waals surface area contributed by atoms with Crippen molar-refractivity contribution in [2.45, 2.75) is 39.8 Å². The quantitative estimate of drug-likeness (QED) is 0.823. The van der Waals surface area contributed by atoms with Crippen LogP contribution in [0.15, 0.2) is 16.7 Å². The fourth-order valence-corrected chi connectivity index (χ4v) is 2.13. The summed E-state index contributed by atoms with van der Waals surface area (Å²) in [5.41, 5.74) is 0.267. The van der Waals surface area contributed by atoms with Crippen LogP contribution in [0, 0.1) is 6.92 Å². The standard InChI is InChI=1S/C14H18F2N4O2/c1-4-5-12-17-11(18-22-12)8-19(3)13(21)10-7-6-9(2)20(10)14(15)16/h6-7,14H,4-5,8H2,1-3H3. The van der Waals surface area contributed by atoms with Gasteiger partial charge in [0.1, 0.15) is 5.69 Å². The molecule has 0 aliphatic carbocycles. The van der Waals surface area contributed by atoms with Crippen molar-refractivity contribution in [1.82, 2.24) is 19.6 Å². The molecule has 0 aromatic carbocycles. The van der Waals surface area contributed by atoms with Gasteiger partial charge in [-0.3, -0.25) is 9.36 Å². The molecule has 0 N–H and O–H groups in total. The van der Waals surface area contributed by atoms with Gasteiger partial charge in [0.2, 0.25) is 5.89 Å². The molecule has 8 heteroatoms. The first-order chi connectivity index (χ1) is 10.4. The van der Waals surface area contributed by atoms with E-state index in [1.54, 1.807) is 0 Å². The highest BCUT2D eigenvalue weighted by Gasteiger charge is 2.22. The van der Waals surface area contributed by atoms with Crippen LogP contribution in [0.1, 0.15) is 47.8 Å². The van der Waals surface area contributed by atoms with Gasteiger partial charge in [-0.05, 0) is 25.5 Å². The fourth-order valence-electron chi connectivity index (χ4n) is 2.13. The number of alkyl halides is 2. The van der Waals surface area contributed by atoms with Gasteiger partial charge in [0.05, 0.1) is 6.54 Å². The molecule has 0 radical (unpaired) electrons. The van der Waals surface area contributed by atoms with Crippen LogP contribution in [0.5, 0.6) is 0 Å². The van der Waals surface area contributed by atoms with Crippen LogP contribution in [0.3, 0.4) is 0 Å². The molecule has 0 atom stereocenters. The molecule has 22 heavy (non-hydrogen) atoms. The molecule has 0 aliphatic heterocycles. The number of nitrogens with zero attached hydrogens (tertiary/aromatic N) is 4. The summed E-state index contributed by atoms with van der Waals surface area (Å²) in [6.45, 7) is 0.850. The number of hydrogen-bond acceptors (Lipinski definition) is 4. The second-order valence-electron chi connectivity index (χ2n) is 5.02. The van der Waals surface area contributed by atoms with Gasteiger partial charge in [0.25, 0.3) is 5.91 Å². The van der Waals surface area contributed by atoms with Crippen LogP contribution < -0.4 is 0 Å². The predicted molar refractivity (Wildman–Crippen MR) is 74.5 cm³/mol. The molecule has 6 nitrogen and oxygen atoms in total. The summed E-state index contributed by atoms with van der Waals surface area (Å²) in [6, 6.07) is 2.88. The Balaban J connectivity index is 2.12. The molecule has 0 unspecified atom stereocenters. The van der Waals surface area contributed by atoms with Crippen LogP contribution in [0.2, 0.25) is 0 Å². The molecular formula is C14H18F2N4O2. The summed E-state index contributed by atoms with van der Waals surface area (Å²) in [6.07, 6.45) is 1.54. The molecule has 0 aliphatic rings. The lowest BCUT2D eigenvalue weighted by atomic mass is 10.3. The molecule has 0 fully saturated rings. The Bertz CT molecular complexity index is 651. The van der Waals surface area contributed by atoms with Crippen molar-refractivity contribution in [3.8, 4) is 0 Å². The normalized spacial score (nSPS) is 11.2. The van der Waals surface area contributed by atoms with Gasteiger partial charge in [-0.15, -0.1) is 0 Å². The highest BCUT2D eigenvalue weighted by Crippen LogP contribution is 2.20. The van der Waals surface area contributed by atoms with Crippen LogP contribution >= 0.6 is 0 Å². The van der Waals surface area contributed by atoms with Crippen LogP contribution in [0.25, 0.3) is 0 Å². The van der Waals surface area contributed by atoms with E-state index in [0.29, 0.717) is 28.4 Å². The molecule has 0 saturated carbocycles. The maximum absolute atomic E-state index is 13.0. The lowest BCUT2D eigenvalue weighted by Crippen LogP contribution is -2.29. The molecule has 0 saturated heterocycles. The van der Waals surface area contributed by atoms with Crippen molar-refractivity contribution in [3.05, 3.63) is 35.2 Å². The molecule has 1 amide bonds. The van der Waals surface area contributed by atoms with Crippen LogP contribution in [0.4, 0.5) is 8.78 Å². The molecular weight excluding hydrogens is 294 g/mol. The van der Waals surface area contributed by atoms with Gasteiger partial charge < -0.3 is 9.42 Å². The first kappa shape index (κ1) is 16.1. The summed E-state index contributed by atoms with van der Waals surface area (Å²) in [5, 5.41) is 3.78. The number of aromatic nitrogens is 3. The molecule has 2 aromatic heterocycles. The third-order valence-corrected chi connectivity index (χ3v) is 3.24. The molecule has 0 spiro atoms. The average Bonchev–Trinajstić information content (AvgIpc) is 3.05. The number of carbonyl (C=O) groups is 1. The lowest BCUT2D eigenvalue weighted by Gasteiger charge is -2.17. The van der Waals surface area contributed by atoms with Gasteiger partial charge in [-0.1, -0.05) is 12.1 Å². The molecule has 2 rings (SSSR count). The number of hydrogen-bond donors (Lipinski definition) is 0. The number of aryl methyl sites for hydroxylation is 2. The Labute approximate surface area is 126 Å². The number of carbonyl (C=O) groups excluding carboxylic acids is 1. The Morgan fingerprint density at radius 1 is 1.45 bits per heavy atom. The van der Waals surface area contributed by atoms with Gasteiger partial charge in [0, 0.05) is 19.2 Å². The Morgan fingerprint density at radius 2 is 2.18 bits per heavy atom. The SMILES string of the molecule is CCCc1nc(CN(C)C(=O)c2ccc(C)n2C(F)F)no1. The van der Waals surface area contributed by atoms with E-state index < -0.39 is 12.5 Å². The minimum absolute atomic E-state index is 0.0627. The van der Waals surface area contributed by atoms with Gasteiger partial charge in [0.15, 0.2) is 5.82 Å². The number of rotatable bonds is 6. The van der Waals surface area contributed by atoms with Crippen molar-refractivity contribution in [2.24, 2.45) is 0 Å². The number of amides is 1. The summed E-state index contributed by atoms with van der Waals surface area (Å²) in [5.74, 6) is 0.339. The maximum atomic E-state index is 13.0. The first-order valence-electron chi connectivity index (χ1n) is 6.97. The summed E-state index contributed by atoms with van der Waals surface area (Å²) in [4.78, 5) is 17.7. The molecule has 120 valence electrons. The molecule has 2 aromatic rings. The van der Waals surface area contributed by atoms with E-state index >= 15 is 0 Å². The third-order valence-electron chi connectivity index (χ3n) is 3.24. The average molecular weight is 312 g/mol. The van der Waals surface area contributed by atoms with Gasteiger partial charge >= 0.3 is 6.55 Å². The minimum Gasteiger partial charge on any atom is -0.339 e. The smallest absolute Gasteiger partial charge is 0.319 e. The second kappa shape index (κ2) is 6.67. The zero-order valence-electron chi connectivity index (χ0n) is 12.7. The minimum atomic E-state index is -2.76. The fraction of sp³-hybridized carbons (Fsp3) is 0.500. The predicted octanol–water partition coefficient (Wildman–Crippen LogP) is 2.80. The summed E-state index contributed by atoms with van der Waals surface area (Å²) in [7, 11) is 1.51. The van der Waals surface area contributed by atoms with Gasteiger partial charge in [-0.25, -0.2) is 0 Å². The Kier molecular flexibility index (Phi) is 4.89. The van der Waals surface area contributed by atoms with Gasteiger partial charge in [-0.2, -0.15) is 13.8 Å². The highest BCUT2D eigenvalue weighted by atomic mass is 19.3. The molecule has 2 heterocycles. The Hall–Kier alpha value is -2.25. The monoisotopic (exact) mass is 312 g/mol. The Morgan fingerprint density at radius 3 is 2.82 bits per heavy atom. The van der Waals surface area contributed by atoms with E-state index in [4.69, 9.17) is 4.52 Å². The topological polar surface area (TPSA) is 64.2 Å². The highest BCUT2D eigenvalue weighted by molar-refractivity contribution is 5.92. The maximum Gasteiger partial charge on any atom is 0.319 e. The van der Waals surface area contributed by atoms with E-state index in [1.165, 1.54) is 31.0 Å². The largest absolute Gasteiger partial charge is 0.339 e. The van der Waals surface area contributed by atoms with Crippen molar-refractivity contribution < 1.29 is 18.1 Å². The van der Waals surface area contributed by atoms with E-state index in [0.717, 1.165) is 6.42 Å². The third kappa shape index (κ3) is 3.32.